The van der Waals surface area contributed by atoms with Crippen molar-refractivity contribution in [3.8, 4) is 21.7 Å². The molecule has 1 aliphatic heterocycles. The summed E-state index contributed by atoms with van der Waals surface area (Å²) in [6, 6.07) is 15.2. The number of carbonyl (C=O) groups excluding carboxylic acids is 1. The van der Waals surface area contributed by atoms with Gasteiger partial charge in [0, 0.05) is 21.8 Å². The molecule has 0 bridgehead atoms. The van der Waals surface area contributed by atoms with Crippen LogP contribution in [0.2, 0.25) is 5.02 Å². The van der Waals surface area contributed by atoms with Crippen LogP contribution in [0.1, 0.15) is 16.7 Å². The van der Waals surface area contributed by atoms with E-state index in [1.807, 2.05) is 55.5 Å². The SMILES string of the molecule is Cc1cc2nc(-c3ccc4c(c3)CC(=O)N4)sc2c(-c2ccc(Cl)cc2)c1CC(=O)O. The van der Waals surface area contributed by atoms with E-state index in [-0.39, 0.29) is 12.3 Å². The number of carboxylic acid groups (broad SMARTS) is 1. The van der Waals surface area contributed by atoms with Crippen molar-refractivity contribution >= 4 is 50.7 Å². The van der Waals surface area contributed by atoms with Crippen LogP contribution < -0.4 is 5.32 Å². The number of thiazole rings is 1. The predicted octanol–water partition coefficient (Wildman–Crippen LogP) is 5.71. The van der Waals surface area contributed by atoms with Crippen LogP contribution in [0.25, 0.3) is 31.9 Å². The number of benzene rings is 3. The molecule has 0 radical (unpaired) electrons. The Morgan fingerprint density at radius 2 is 1.90 bits per heavy atom. The minimum absolute atomic E-state index is 0.00425. The minimum atomic E-state index is -0.877. The first-order valence-electron chi connectivity index (χ1n) is 9.73. The number of aliphatic carboxylic acids is 1. The fourth-order valence-corrected chi connectivity index (χ4v) is 5.28. The molecule has 0 aliphatic carbocycles. The molecule has 5 nitrogen and oxygen atoms in total. The van der Waals surface area contributed by atoms with E-state index in [0.29, 0.717) is 11.4 Å². The van der Waals surface area contributed by atoms with Gasteiger partial charge < -0.3 is 10.4 Å². The van der Waals surface area contributed by atoms with Crippen molar-refractivity contribution in [3.63, 3.8) is 0 Å². The molecular formula is C24H17ClN2O3S. The van der Waals surface area contributed by atoms with Gasteiger partial charge in [0.25, 0.3) is 0 Å². The molecular weight excluding hydrogens is 432 g/mol. The number of nitrogens with zero attached hydrogens (tertiary/aromatic N) is 1. The van der Waals surface area contributed by atoms with Crippen LogP contribution in [-0.4, -0.2) is 22.0 Å². The number of halogens is 1. The lowest BCUT2D eigenvalue weighted by Crippen LogP contribution is -2.04. The zero-order chi connectivity index (χ0) is 21.7. The maximum Gasteiger partial charge on any atom is 0.307 e. The monoisotopic (exact) mass is 448 g/mol. The molecule has 4 aromatic rings. The van der Waals surface area contributed by atoms with E-state index < -0.39 is 5.97 Å². The van der Waals surface area contributed by atoms with Gasteiger partial charge in [-0.05, 0) is 65.6 Å². The molecule has 1 amide bonds. The summed E-state index contributed by atoms with van der Waals surface area (Å²) in [6.07, 6.45) is 0.297. The molecule has 0 unspecified atom stereocenters. The quantitative estimate of drug-likeness (QED) is 0.419. The summed E-state index contributed by atoms with van der Waals surface area (Å²) >= 11 is 7.61. The number of hydrogen-bond acceptors (Lipinski definition) is 4. The van der Waals surface area contributed by atoms with Gasteiger partial charge in [0.15, 0.2) is 0 Å². The third-order valence-electron chi connectivity index (χ3n) is 5.45. The van der Waals surface area contributed by atoms with Gasteiger partial charge >= 0.3 is 5.97 Å². The Morgan fingerprint density at radius 1 is 1.16 bits per heavy atom. The second-order valence-electron chi connectivity index (χ2n) is 7.59. The van der Waals surface area contributed by atoms with Crippen LogP contribution in [0.3, 0.4) is 0 Å². The molecule has 2 N–H and O–H groups in total. The van der Waals surface area contributed by atoms with Crippen molar-refractivity contribution in [3.05, 3.63) is 70.2 Å². The van der Waals surface area contributed by atoms with Gasteiger partial charge in [-0.2, -0.15) is 0 Å². The highest BCUT2D eigenvalue weighted by atomic mass is 35.5. The summed E-state index contributed by atoms with van der Waals surface area (Å²) in [4.78, 5) is 28.1. The number of hydrogen-bond donors (Lipinski definition) is 2. The van der Waals surface area contributed by atoms with E-state index in [2.05, 4.69) is 5.32 Å². The first-order valence-corrected chi connectivity index (χ1v) is 10.9. The number of amides is 1. The number of nitrogens with one attached hydrogen (secondary N) is 1. The molecule has 0 spiro atoms. The van der Waals surface area contributed by atoms with Crippen molar-refractivity contribution in [2.75, 3.05) is 5.32 Å². The van der Waals surface area contributed by atoms with Gasteiger partial charge in [0.1, 0.15) is 5.01 Å². The summed E-state index contributed by atoms with van der Waals surface area (Å²) in [5.74, 6) is -0.881. The molecule has 1 aliphatic rings. The number of carboxylic acids is 1. The van der Waals surface area contributed by atoms with Gasteiger partial charge in [-0.15, -0.1) is 11.3 Å². The Kier molecular flexibility index (Phi) is 4.76. The molecule has 154 valence electrons. The van der Waals surface area contributed by atoms with E-state index in [1.165, 1.54) is 11.3 Å². The second kappa shape index (κ2) is 7.48. The van der Waals surface area contributed by atoms with Gasteiger partial charge in [0.05, 0.1) is 23.1 Å². The number of aromatic nitrogens is 1. The fraction of sp³-hybridized carbons (Fsp3) is 0.125. The molecule has 0 saturated carbocycles. The zero-order valence-corrected chi connectivity index (χ0v) is 18.1. The van der Waals surface area contributed by atoms with E-state index in [1.54, 1.807) is 0 Å². The van der Waals surface area contributed by atoms with E-state index >= 15 is 0 Å². The Morgan fingerprint density at radius 3 is 2.65 bits per heavy atom. The van der Waals surface area contributed by atoms with Crippen molar-refractivity contribution in [2.24, 2.45) is 0 Å². The lowest BCUT2D eigenvalue weighted by molar-refractivity contribution is -0.136. The fourth-order valence-electron chi connectivity index (χ4n) is 4.02. The third kappa shape index (κ3) is 3.58. The predicted molar refractivity (Wildman–Crippen MR) is 124 cm³/mol. The standard InChI is InChI=1S/C24H17ClN2O3S/c1-12-8-19-23(22(17(12)11-21(29)30)13-2-5-16(25)6-3-13)31-24(27-19)14-4-7-18-15(9-14)10-20(28)26-18/h2-9H,10-11H2,1H3,(H,26,28)(H,29,30). The summed E-state index contributed by atoms with van der Waals surface area (Å²) in [6.45, 7) is 1.92. The topological polar surface area (TPSA) is 79.3 Å². The minimum Gasteiger partial charge on any atom is -0.481 e. The molecule has 0 fully saturated rings. The Balaban J connectivity index is 1.72. The lowest BCUT2D eigenvalue weighted by atomic mass is 9.93. The Bertz CT molecular complexity index is 1380. The zero-order valence-electron chi connectivity index (χ0n) is 16.5. The molecule has 5 rings (SSSR count). The number of carbonyl (C=O) groups is 2. The smallest absolute Gasteiger partial charge is 0.307 e. The van der Waals surface area contributed by atoms with Crippen LogP contribution in [0, 0.1) is 6.92 Å². The highest BCUT2D eigenvalue weighted by Gasteiger charge is 2.21. The van der Waals surface area contributed by atoms with E-state index in [4.69, 9.17) is 16.6 Å². The average Bonchev–Trinajstić information content (AvgIpc) is 3.30. The van der Waals surface area contributed by atoms with Crippen molar-refractivity contribution in [2.45, 2.75) is 19.8 Å². The summed E-state index contributed by atoms with van der Waals surface area (Å²) in [7, 11) is 0. The number of aryl methyl sites for hydroxylation is 1. The van der Waals surface area contributed by atoms with Gasteiger partial charge in [-0.25, -0.2) is 4.98 Å². The summed E-state index contributed by atoms with van der Waals surface area (Å²) in [5.41, 5.74) is 7.03. The normalized spacial score (nSPS) is 12.8. The third-order valence-corrected chi connectivity index (χ3v) is 6.84. The highest BCUT2D eigenvalue weighted by molar-refractivity contribution is 7.22. The van der Waals surface area contributed by atoms with Gasteiger partial charge in [-0.3, -0.25) is 9.59 Å². The molecule has 3 aromatic carbocycles. The highest BCUT2D eigenvalue weighted by Crippen LogP contribution is 2.41. The van der Waals surface area contributed by atoms with Gasteiger partial charge in [-0.1, -0.05) is 23.7 Å². The van der Waals surface area contributed by atoms with Crippen LogP contribution in [-0.2, 0) is 22.4 Å². The molecule has 2 heterocycles. The Hall–Kier alpha value is -3.22. The van der Waals surface area contributed by atoms with Crippen molar-refractivity contribution < 1.29 is 14.7 Å². The number of rotatable bonds is 4. The maximum atomic E-state index is 11.7. The summed E-state index contributed by atoms with van der Waals surface area (Å²) < 4.78 is 0.939. The van der Waals surface area contributed by atoms with Crippen LogP contribution in [0.4, 0.5) is 5.69 Å². The molecule has 0 atom stereocenters. The lowest BCUT2D eigenvalue weighted by Gasteiger charge is -2.13. The molecule has 7 heteroatoms. The van der Waals surface area contributed by atoms with Crippen molar-refractivity contribution in [1.29, 1.82) is 0 Å². The largest absolute Gasteiger partial charge is 0.481 e. The van der Waals surface area contributed by atoms with Crippen molar-refractivity contribution in [1.82, 2.24) is 4.98 Å². The van der Waals surface area contributed by atoms with Crippen LogP contribution in [0.5, 0.6) is 0 Å². The molecule has 31 heavy (non-hydrogen) atoms. The van der Waals surface area contributed by atoms with Crippen LogP contribution >= 0.6 is 22.9 Å². The molecule has 0 saturated heterocycles. The first kappa shape index (κ1) is 19.7. The van der Waals surface area contributed by atoms with E-state index in [0.717, 1.165) is 54.3 Å². The average molecular weight is 449 g/mol. The molecule has 1 aromatic heterocycles. The summed E-state index contributed by atoms with van der Waals surface area (Å²) in [5, 5.41) is 13.8. The number of anilines is 1. The number of fused-ring (bicyclic) bond motifs is 2. The maximum absolute atomic E-state index is 11.7. The second-order valence-corrected chi connectivity index (χ2v) is 9.02. The Labute approximate surface area is 187 Å². The van der Waals surface area contributed by atoms with Crippen LogP contribution in [0.15, 0.2) is 48.5 Å². The first-order chi connectivity index (χ1) is 14.9. The van der Waals surface area contributed by atoms with E-state index in [9.17, 15) is 14.7 Å². The van der Waals surface area contributed by atoms with Gasteiger partial charge in [0.2, 0.25) is 5.91 Å².